The lowest BCUT2D eigenvalue weighted by molar-refractivity contribution is 0.0202. The molecule has 4 nitrogen and oxygen atoms in total. The molecule has 0 fully saturated rings. The Morgan fingerprint density at radius 2 is 2.08 bits per heavy atom. The summed E-state index contributed by atoms with van der Waals surface area (Å²) in [6.07, 6.45) is 4.78. The number of ether oxygens (including phenoxy) is 1. The smallest absolute Gasteiger partial charge is 0.411 e. The first-order valence-electron chi connectivity index (χ1n) is 8.50. The molecular formula is C20H26N2O2. The minimum atomic E-state index is -0.499. The summed E-state index contributed by atoms with van der Waals surface area (Å²) in [6, 6.07) is 6.14. The van der Waals surface area contributed by atoms with Gasteiger partial charge in [-0.25, -0.2) is 4.79 Å². The van der Waals surface area contributed by atoms with Gasteiger partial charge in [0.05, 0.1) is 6.04 Å². The van der Waals surface area contributed by atoms with Crippen LogP contribution in [0, 0.1) is 0 Å². The monoisotopic (exact) mass is 326 g/mol. The van der Waals surface area contributed by atoms with Crippen LogP contribution in [0.15, 0.2) is 36.0 Å². The Kier molecular flexibility index (Phi) is 4.16. The van der Waals surface area contributed by atoms with Crippen molar-refractivity contribution < 1.29 is 9.53 Å². The highest BCUT2D eigenvalue weighted by Crippen LogP contribution is 2.36. The molecule has 2 aromatic rings. The fraction of sp³-hybridized carbons (Fsp3) is 0.450. The maximum atomic E-state index is 12.8. The Hall–Kier alpha value is -2.23. The molecule has 4 heteroatoms. The van der Waals surface area contributed by atoms with Crippen LogP contribution >= 0.6 is 0 Å². The van der Waals surface area contributed by atoms with Crippen molar-refractivity contribution in [3.05, 3.63) is 47.2 Å². The second kappa shape index (κ2) is 6.00. The first-order valence-corrected chi connectivity index (χ1v) is 8.50. The van der Waals surface area contributed by atoms with Gasteiger partial charge in [0.15, 0.2) is 0 Å². The van der Waals surface area contributed by atoms with E-state index in [2.05, 4.69) is 43.2 Å². The zero-order valence-corrected chi connectivity index (χ0v) is 15.1. The number of allylic oxidation sites excluding steroid dienone is 1. The summed E-state index contributed by atoms with van der Waals surface area (Å²) in [5.74, 6) is 0. The van der Waals surface area contributed by atoms with Crippen molar-refractivity contribution >= 4 is 17.0 Å². The topological polar surface area (TPSA) is 45.3 Å². The van der Waals surface area contributed by atoms with Gasteiger partial charge >= 0.3 is 6.09 Å². The van der Waals surface area contributed by atoms with E-state index in [9.17, 15) is 4.79 Å². The van der Waals surface area contributed by atoms with Crippen LogP contribution in [0.4, 0.5) is 4.79 Å². The molecule has 1 amide bonds. The van der Waals surface area contributed by atoms with Crippen LogP contribution in [0.2, 0.25) is 0 Å². The summed E-state index contributed by atoms with van der Waals surface area (Å²) in [4.78, 5) is 18.0. The summed E-state index contributed by atoms with van der Waals surface area (Å²) in [7, 11) is 0. The van der Waals surface area contributed by atoms with Crippen LogP contribution < -0.4 is 0 Å². The second-order valence-corrected chi connectivity index (χ2v) is 7.70. The first kappa shape index (κ1) is 16.6. The molecular weight excluding hydrogens is 300 g/mol. The third kappa shape index (κ3) is 3.18. The van der Waals surface area contributed by atoms with E-state index in [0.29, 0.717) is 6.54 Å². The standard InChI is InChI=1S/C20H26N2O2/c1-13(2)11-17-15-7-6-8-16-18(15)14(12-21-16)9-10-22(17)19(23)24-20(3,4)5/h6-8,11-12,17,21H,9-10H2,1-5H3/t17-/m1/s1. The maximum Gasteiger partial charge on any atom is 0.411 e. The quantitative estimate of drug-likeness (QED) is 0.752. The van der Waals surface area contributed by atoms with Gasteiger partial charge in [-0.2, -0.15) is 0 Å². The van der Waals surface area contributed by atoms with Crippen molar-refractivity contribution in [1.82, 2.24) is 9.88 Å². The highest BCUT2D eigenvalue weighted by Gasteiger charge is 2.31. The van der Waals surface area contributed by atoms with Gasteiger partial charge in [0.25, 0.3) is 0 Å². The second-order valence-electron chi connectivity index (χ2n) is 7.70. The Labute approximate surface area is 143 Å². The van der Waals surface area contributed by atoms with Crippen molar-refractivity contribution in [2.24, 2.45) is 0 Å². The van der Waals surface area contributed by atoms with E-state index in [4.69, 9.17) is 4.74 Å². The summed E-state index contributed by atoms with van der Waals surface area (Å²) in [6.45, 7) is 10.5. The van der Waals surface area contributed by atoms with Crippen LogP contribution in [0.3, 0.4) is 0 Å². The van der Waals surface area contributed by atoms with E-state index in [0.717, 1.165) is 17.5 Å². The van der Waals surface area contributed by atoms with Crippen molar-refractivity contribution in [3.63, 3.8) is 0 Å². The van der Waals surface area contributed by atoms with Gasteiger partial charge in [-0.15, -0.1) is 0 Å². The highest BCUT2D eigenvalue weighted by atomic mass is 16.6. The van der Waals surface area contributed by atoms with Gasteiger partial charge in [0.1, 0.15) is 5.60 Å². The molecule has 0 spiro atoms. The molecule has 1 N–H and O–H groups in total. The number of aromatic nitrogens is 1. The van der Waals surface area contributed by atoms with Gasteiger partial charge in [0, 0.05) is 23.6 Å². The van der Waals surface area contributed by atoms with Crippen molar-refractivity contribution in [2.45, 2.75) is 52.7 Å². The number of benzene rings is 1. The molecule has 1 aromatic carbocycles. The number of carbonyl (C=O) groups excluding carboxylic acids is 1. The molecule has 2 heterocycles. The zero-order valence-electron chi connectivity index (χ0n) is 15.1. The van der Waals surface area contributed by atoms with Gasteiger partial charge < -0.3 is 9.72 Å². The van der Waals surface area contributed by atoms with E-state index in [1.54, 1.807) is 0 Å². The largest absolute Gasteiger partial charge is 0.444 e. The molecule has 1 atom stereocenters. The number of hydrogen-bond donors (Lipinski definition) is 1. The van der Waals surface area contributed by atoms with E-state index in [1.807, 2.05) is 31.7 Å². The number of amides is 1. The average Bonchev–Trinajstić information content (AvgIpc) is 2.80. The van der Waals surface area contributed by atoms with Crippen molar-refractivity contribution in [1.29, 1.82) is 0 Å². The predicted molar refractivity (Wildman–Crippen MR) is 97.1 cm³/mol. The summed E-state index contributed by atoms with van der Waals surface area (Å²) in [5, 5.41) is 1.24. The minimum absolute atomic E-state index is 0.106. The van der Waals surface area contributed by atoms with Gasteiger partial charge in [0.2, 0.25) is 0 Å². The molecule has 3 rings (SSSR count). The molecule has 24 heavy (non-hydrogen) atoms. The number of nitrogens with zero attached hydrogens (tertiary/aromatic N) is 1. The number of H-pyrrole nitrogens is 1. The zero-order chi connectivity index (χ0) is 17.5. The lowest BCUT2D eigenvalue weighted by Gasteiger charge is -2.32. The average molecular weight is 326 g/mol. The third-order valence-electron chi connectivity index (χ3n) is 4.22. The summed E-state index contributed by atoms with van der Waals surface area (Å²) in [5.41, 5.74) is 4.23. The number of hydrogen-bond acceptors (Lipinski definition) is 2. The summed E-state index contributed by atoms with van der Waals surface area (Å²) < 4.78 is 5.67. The van der Waals surface area contributed by atoms with E-state index in [1.165, 1.54) is 16.5 Å². The van der Waals surface area contributed by atoms with Gasteiger partial charge in [-0.05, 0) is 58.2 Å². The van der Waals surface area contributed by atoms with Crippen LogP contribution in [0.1, 0.15) is 51.8 Å². The molecule has 128 valence electrons. The fourth-order valence-electron chi connectivity index (χ4n) is 3.30. The van der Waals surface area contributed by atoms with Crippen molar-refractivity contribution in [3.8, 4) is 0 Å². The molecule has 0 radical (unpaired) electrons. The van der Waals surface area contributed by atoms with E-state index in [-0.39, 0.29) is 12.1 Å². The van der Waals surface area contributed by atoms with Crippen molar-refractivity contribution in [2.75, 3.05) is 6.54 Å². The molecule has 0 saturated heterocycles. The summed E-state index contributed by atoms with van der Waals surface area (Å²) >= 11 is 0. The Balaban J connectivity index is 2.10. The molecule has 0 bridgehead atoms. The predicted octanol–water partition coefficient (Wildman–Crippen LogP) is 4.97. The number of rotatable bonds is 1. The normalized spacial score (nSPS) is 17.5. The van der Waals surface area contributed by atoms with Gasteiger partial charge in [-0.1, -0.05) is 23.8 Å². The maximum absolute atomic E-state index is 12.8. The lowest BCUT2D eigenvalue weighted by atomic mass is 9.98. The van der Waals surface area contributed by atoms with E-state index >= 15 is 0 Å². The Morgan fingerprint density at radius 3 is 2.75 bits per heavy atom. The molecule has 1 aliphatic rings. The number of aromatic amines is 1. The minimum Gasteiger partial charge on any atom is -0.444 e. The lowest BCUT2D eigenvalue weighted by Crippen LogP contribution is -2.39. The van der Waals surface area contributed by atoms with Gasteiger partial charge in [-0.3, -0.25) is 4.90 Å². The van der Waals surface area contributed by atoms with Crippen LogP contribution in [-0.4, -0.2) is 28.1 Å². The molecule has 0 unspecified atom stereocenters. The molecule has 0 aliphatic carbocycles. The highest BCUT2D eigenvalue weighted by molar-refractivity contribution is 5.88. The van der Waals surface area contributed by atoms with Crippen LogP contribution in [-0.2, 0) is 11.2 Å². The third-order valence-corrected chi connectivity index (χ3v) is 4.22. The Bertz CT molecular complexity index is 792. The number of carbonyl (C=O) groups is 1. The SMILES string of the molecule is CC(C)=C[C@@H]1c2cccc3[nH]cc(c23)CCN1C(=O)OC(C)(C)C. The number of nitrogens with one attached hydrogen (secondary N) is 1. The van der Waals surface area contributed by atoms with Crippen LogP contribution in [0.5, 0.6) is 0 Å². The first-order chi connectivity index (χ1) is 11.3. The Morgan fingerprint density at radius 1 is 1.33 bits per heavy atom. The van der Waals surface area contributed by atoms with E-state index < -0.39 is 5.60 Å². The molecule has 0 saturated carbocycles. The van der Waals surface area contributed by atoms with Crippen LogP contribution in [0.25, 0.3) is 10.9 Å². The molecule has 1 aromatic heterocycles. The molecule has 1 aliphatic heterocycles. The fourth-order valence-corrected chi connectivity index (χ4v) is 3.30.